The van der Waals surface area contributed by atoms with Gasteiger partial charge in [-0.15, -0.1) is 0 Å². The first-order valence-corrected chi connectivity index (χ1v) is 10.0. The maximum absolute atomic E-state index is 13.0. The van der Waals surface area contributed by atoms with Crippen LogP contribution in [0.15, 0.2) is 36.7 Å². The van der Waals surface area contributed by atoms with Crippen LogP contribution in [0.3, 0.4) is 0 Å². The fraction of sp³-hybridized carbons (Fsp3) is 0.364. The number of aromatic nitrogens is 2. The predicted octanol–water partition coefficient (Wildman–Crippen LogP) is 3.00. The van der Waals surface area contributed by atoms with Gasteiger partial charge >= 0.3 is 5.97 Å². The van der Waals surface area contributed by atoms with E-state index in [0.29, 0.717) is 13.2 Å². The van der Waals surface area contributed by atoms with Crippen molar-refractivity contribution < 1.29 is 19.4 Å². The van der Waals surface area contributed by atoms with Gasteiger partial charge in [-0.1, -0.05) is 25.1 Å². The summed E-state index contributed by atoms with van der Waals surface area (Å²) in [6.45, 7) is 2.47. The normalized spacial score (nSPS) is 19.9. The Labute approximate surface area is 174 Å². The molecule has 8 heteroatoms. The summed E-state index contributed by atoms with van der Waals surface area (Å²) in [5.74, 6) is -0.862. The number of amides is 1. The molecule has 30 heavy (non-hydrogen) atoms. The molecule has 0 saturated heterocycles. The van der Waals surface area contributed by atoms with E-state index in [1.807, 2.05) is 24.3 Å². The number of hydrogen-bond donors (Lipinski definition) is 2. The molecule has 2 heterocycles. The van der Waals surface area contributed by atoms with Crippen LogP contribution in [-0.4, -0.2) is 40.1 Å². The summed E-state index contributed by atoms with van der Waals surface area (Å²) in [7, 11) is 0. The number of anilines is 2. The van der Waals surface area contributed by atoms with Crippen LogP contribution in [0.5, 0.6) is 5.88 Å². The average Bonchev–Trinajstić information content (AvgIpc) is 2.93. The van der Waals surface area contributed by atoms with Crippen LogP contribution in [-0.2, 0) is 4.79 Å². The van der Waals surface area contributed by atoms with Gasteiger partial charge in [-0.3, -0.25) is 9.59 Å². The molecule has 156 valence electrons. The smallest absolute Gasteiger partial charge is 0.306 e. The second-order valence-electron chi connectivity index (χ2n) is 7.68. The minimum absolute atomic E-state index is 0.103. The van der Waals surface area contributed by atoms with Crippen LogP contribution in [0.2, 0.25) is 0 Å². The Kier molecular flexibility index (Phi) is 5.39. The molecule has 0 saturated carbocycles. The van der Waals surface area contributed by atoms with E-state index in [4.69, 9.17) is 10.5 Å². The monoisotopic (exact) mass is 408 g/mol. The van der Waals surface area contributed by atoms with Gasteiger partial charge in [0.2, 0.25) is 5.88 Å². The highest BCUT2D eigenvalue weighted by molar-refractivity contribution is 6.10. The molecule has 1 aromatic carbocycles. The Bertz CT molecular complexity index is 1000. The maximum Gasteiger partial charge on any atom is 0.306 e. The number of rotatable bonds is 4. The van der Waals surface area contributed by atoms with Crippen molar-refractivity contribution in [2.75, 3.05) is 23.8 Å². The second-order valence-corrected chi connectivity index (χ2v) is 7.68. The van der Waals surface area contributed by atoms with Crippen molar-refractivity contribution in [1.29, 1.82) is 0 Å². The van der Waals surface area contributed by atoms with Crippen molar-refractivity contribution in [3.05, 3.63) is 47.8 Å². The Morgan fingerprint density at radius 3 is 2.73 bits per heavy atom. The number of carbonyl (C=O) groups is 2. The first-order chi connectivity index (χ1) is 14.5. The number of nitrogens with zero attached hydrogens (tertiary/aromatic N) is 3. The highest BCUT2D eigenvalue weighted by Crippen LogP contribution is 2.35. The van der Waals surface area contributed by atoms with Gasteiger partial charge in [-0.2, -0.15) is 0 Å². The number of fused-ring (bicyclic) bond motifs is 1. The lowest BCUT2D eigenvalue weighted by Gasteiger charge is -2.25. The minimum atomic E-state index is -0.736. The summed E-state index contributed by atoms with van der Waals surface area (Å²) in [5, 5.41) is 9.21. The standard InChI is InChI=1S/C22H24N4O4/c1-13(22(28)29)14-2-4-15(5-3-14)16-6-8-17(9-7-16)26-10-11-30-20-18(21(26)27)19(23)24-12-25-20/h4,6-9,12-14H,2-3,5,10-11H2,1H3,(H,28,29)(H2,23,24,25). The van der Waals surface area contributed by atoms with Gasteiger partial charge in [-0.05, 0) is 48.4 Å². The minimum Gasteiger partial charge on any atom is -0.481 e. The molecular weight excluding hydrogens is 384 g/mol. The molecule has 4 rings (SSSR count). The van der Waals surface area contributed by atoms with Crippen molar-refractivity contribution >= 4 is 29.0 Å². The predicted molar refractivity (Wildman–Crippen MR) is 112 cm³/mol. The zero-order valence-corrected chi connectivity index (χ0v) is 16.7. The summed E-state index contributed by atoms with van der Waals surface area (Å²) >= 11 is 0. The van der Waals surface area contributed by atoms with E-state index < -0.39 is 5.97 Å². The Morgan fingerprint density at radius 1 is 1.30 bits per heavy atom. The van der Waals surface area contributed by atoms with Crippen molar-refractivity contribution in [2.24, 2.45) is 11.8 Å². The highest BCUT2D eigenvalue weighted by atomic mass is 16.5. The van der Waals surface area contributed by atoms with Gasteiger partial charge in [-0.25, -0.2) is 9.97 Å². The van der Waals surface area contributed by atoms with E-state index in [1.165, 1.54) is 11.9 Å². The van der Waals surface area contributed by atoms with Gasteiger partial charge in [0.25, 0.3) is 5.91 Å². The third kappa shape index (κ3) is 3.72. The fourth-order valence-electron chi connectivity index (χ4n) is 4.04. The van der Waals surface area contributed by atoms with Crippen LogP contribution in [0.25, 0.3) is 5.57 Å². The number of nitrogen functional groups attached to an aromatic ring is 1. The molecule has 0 bridgehead atoms. The van der Waals surface area contributed by atoms with Crippen molar-refractivity contribution in [3.8, 4) is 5.88 Å². The molecule has 1 aliphatic heterocycles. The molecule has 1 aromatic heterocycles. The molecule has 2 unspecified atom stereocenters. The Hall–Kier alpha value is -3.42. The van der Waals surface area contributed by atoms with Crippen LogP contribution in [0, 0.1) is 11.8 Å². The largest absolute Gasteiger partial charge is 0.481 e. The average molecular weight is 408 g/mol. The van der Waals surface area contributed by atoms with Gasteiger partial charge < -0.3 is 20.5 Å². The number of carboxylic acid groups (broad SMARTS) is 1. The Morgan fingerprint density at radius 2 is 2.07 bits per heavy atom. The summed E-state index contributed by atoms with van der Waals surface area (Å²) in [6, 6.07) is 7.80. The zero-order valence-electron chi connectivity index (χ0n) is 16.7. The van der Waals surface area contributed by atoms with E-state index in [2.05, 4.69) is 16.0 Å². The van der Waals surface area contributed by atoms with Gasteiger partial charge in [0, 0.05) is 5.69 Å². The molecule has 0 fully saturated rings. The zero-order chi connectivity index (χ0) is 21.3. The van der Waals surface area contributed by atoms with Crippen LogP contribution in [0.1, 0.15) is 42.1 Å². The number of ether oxygens (including phenoxy) is 1. The number of carbonyl (C=O) groups excluding carboxylic acids is 1. The number of allylic oxidation sites excluding steroid dienone is 2. The van der Waals surface area contributed by atoms with E-state index in [1.54, 1.807) is 11.8 Å². The fourth-order valence-corrected chi connectivity index (χ4v) is 4.04. The third-order valence-electron chi connectivity index (χ3n) is 5.95. The van der Waals surface area contributed by atoms with Crippen molar-refractivity contribution in [2.45, 2.75) is 26.2 Å². The van der Waals surface area contributed by atoms with Crippen LogP contribution >= 0.6 is 0 Å². The quantitative estimate of drug-likeness (QED) is 0.798. The molecule has 2 atom stereocenters. The molecular formula is C22H24N4O4. The SMILES string of the molecule is CC(C(=O)O)C1CC=C(c2ccc(N3CCOc4ncnc(N)c4C3=O)cc2)CC1. The topological polar surface area (TPSA) is 119 Å². The Balaban J connectivity index is 1.52. The van der Waals surface area contributed by atoms with Crippen LogP contribution in [0.4, 0.5) is 11.5 Å². The molecule has 1 aliphatic carbocycles. The van der Waals surface area contributed by atoms with Gasteiger partial charge in [0.05, 0.1) is 12.5 Å². The molecule has 8 nitrogen and oxygen atoms in total. The second kappa shape index (κ2) is 8.14. The number of hydrogen-bond acceptors (Lipinski definition) is 6. The molecule has 3 N–H and O–H groups in total. The number of aliphatic carboxylic acids is 1. The van der Waals surface area contributed by atoms with E-state index >= 15 is 0 Å². The van der Waals surface area contributed by atoms with Crippen LogP contribution < -0.4 is 15.4 Å². The lowest BCUT2D eigenvalue weighted by atomic mass is 9.80. The first-order valence-electron chi connectivity index (χ1n) is 10.0. The number of benzene rings is 1. The summed E-state index contributed by atoms with van der Waals surface area (Å²) in [5.41, 5.74) is 9.12. The van der Waals surface area contributed by atoms with E-state index in [-0.39, 0.29) is 35.0 Å². The molecule has 0 spiro atoms. The maximum atomic E-state index is 13.0. The molecule has 2 aliphatic rings. The summed E-state index contributed by atoms with van der Waals surface area (Å²) in [6.07, 6.45) is 5.90. The van der Waals surface area contributed by atoms with E-state index in [0.717, 1.165) is 30.5 Å². The van der Waals surface area contributed by atoms with Crippen molar-refractivity contribution in [3.63, 3.8) is 0 Å². The van der Waals surface area contributed by atoms with E-state index in [9.17, 15) is 14.7 Å². The summed E-state index contributed by atoms with van der Waals surface area (Å²) < 4.78 is 5.57. The molecule has 0 radical (unpaired) electrons. The van der Waals surface area contributed by atoms with Gasteiger partial charge in [0.1, 0.15) is 24.3 Å². The highest BCUT2D eigenvalue weighted by Gasteiger charge is 2.29. The van der Waals surface area contributed by atoms with Gasteiger partial charge in [0.15, 0.2) is 0 Å². The van der Waals surface area contributed by atoms with Crippen molar-refractivity contribution in [1.82, 2.24) is 9.97 Å². The molecule has 2 aromatic rings. The lowest BCUT2D eigenvalue weighted by molar-refractivity contribution is -0.143. The number of nitrogens with two attached hydrogens (primary N) is 1. The number of carboxylic acids is 1. The third-order valence-corrected chi connectivity index (χ3v) is 5.95. The lowest BCUT2D eigenvalue weighted by Crippen LogP contribution is -2.32. The first kappa shape index (κ1) is 19.9. The summed E-state index contributed by atoms with van der Waals surface area (Å²) in [4.78, 5) is 33.8. The molecule has 1 amide bonds.